The number of Topliss-reactive ketones (excluding diaryl/α,β-unsaturated/α-hetero) is 1. The van der Waals surface area contributed by atoms with Crippen LogP contribution in [0.4, 0.5) is 0 Å². The van der Waals surface area contributed by atoms with E-state index >= 15 is 0 Å². The number of nitrogens with zero attached hydrogens (tertiary/aromatic N) is 1. The van der Waals surface area contributed by atoms with Gasteiger partial charge in [0.05, 0.1) is 26.9 Å². The van der Waals surface area contributed by atoms with Crippen molar-refractivity contribution in [2.45, 2.75) is 30.7 Å². The molecule has 4 aromatic rings. The zero-order valence-electron chi connectivity index (χ0n) is 25.0. The fourth-order valence-corrected chi connectivity index (χ4v) is 5.95. The molecule has 4 aromatic carbocycles. The fourth-order valence-electron chi connectivity index (χ4n) is 5.95. The van der Waals surface area contributed by atoms with Gasteiger partial charge in [-0.1, -0.05) is 72.8 Å². The molecule has 0 radical (unpaired) electrons. The van der Waals surface area contributed by atoms with Crippen LogP contribution in [0, 0.1) is 0 Å². The van der Waals surface area contributed by atoms with Crippen molar-refractivity contribution >= 4 is 18.0 Å². The van der Waals surface area contributed by atoms with Crippen LogP contribution in [0.1, 0.15) is 50.6 Å². The molecule has 224 valence electrons. The zero-order valence-corrected chi connectivity index (χ0v) is 25.0. The van der Waals surface area contributed by atoms with Crippen LogP contribution in [0.25, 0.3) is 11.1 Å². The van der Waals surface area contributed by atoms with E-state index in [0.29, 0.717) is 34.8 Å². The first-order valence-electron chi connectivity index (χ1n) is 14.5. The van der Waals surface area contributed by atoms with Crippen LogP contribution in [0.5, 0.6) is 17.2 Å². The summed E-state index contributed by atoms with van der Waals surface area (Å²) in [6, 6.07) is 28.3. The van der Waals surface area contributed by atoms with E-state index in [1.165, 1.54) is 26.9 Å². The molecule has 5 rings (SSSR count). The van der Waals surface area contributed by atoms with Crippen LogP contribution < -0.4 is 14.2 Å². The Morgan fingerprint density at radius 1 is 0.841 bits per heavy atom. The molecule has 0 saturated heterocycles. The number of benzene rings is 4. The second kappa shape index (κ2) is 13.4. The monoisotopic (exact) mass is 589 g/mol. The van der Waals surface area contributed by atoms with Gasteiger partial charge in [0, 0.05) is 17.7 Å². The van der Waals surface area contributed by atoms with E-state index in [9.17, 15) is 14.7 Å². The summed E-state index contributed by atoms with van der Waals surface area (Å²) in [4.78, 5) is 31.3. The third-order valence-electron chi connectivity index (χ3n) is 8.13. The van der Waals surface area contributed by atoms with Gasteiger partial charge in [-0.3, -0.25) is 9.79 Å². The molecule has 0 aromatic heterocycles. The van der Waals surface area contributed by atoms with Gasteiger partial charge in [-0.15, -0.1) is 0 Å². The Bertz CT molecular complexity index is 1650. The maximum absolute atomic E-state index is 14.6. The Balaban J connectivity index is 1.57. The highest BCUT2D eigenvalue weighted by atomic mass is 16.5. The van der Waals surface area contributed by atoms with Crippen molar-refractivity contribution in [3.63, 3.8) is 0 Å². The molecular formula is C37H35NO6. The Morgan fingerprint density at radius 3 is 2.09 bits per heavy atom. The second-order valence-corrected chi connectivity index (χ2v) is 10.6. The fraction of sp³-hybridized carbons (Fsp3) is 0.216. The van der Waals surface area contributed by atoms with E-state index in [-0.39, 0.29) is 17.3 Å². The van der Waals surface area contributed by atoms with Crippen LogP contribution >= 0.6 is 0 Å². The summed E-state index contributed by atoms with van der Waals surface area (Å²) in [7, 11) is 4.56. The van der Waals surface area contributed by atoms with Crippen LogP contribution in [0.15, 0.2) is 108 Å². The molecule has 0 aliphatic carbocycles. The number of carbonyl (C=O) groups excluding carboxylic acids is 1. The number of rotatable bonds is 13. The van der Waals surface area contributed by atoms with Gasteiger partial charge in [0.25, 0.3) is 0 Å². The minimum atomic E-state index is -1.21. The summed E-state index contributed by atoms with van der Waals surface area (Å²) in [5.74, 6) is -0.299. The molecule has 1 aliphatic heterocycles. The Morgan fingerprint density at radius 2 is 1.50 bits per heavy atom. The molecule has 0 spiro atoms. The maximum Gasteiger partial charge on any atom is 0.336 e. The molecule has 0 bridgehead atoms. The molecule has 2 unspecified atom stereocenters. The summed E-state index contributed by atoms with van der Waals surface area (Å²) in [6.45, 7) is 0. The number of ether oxygens (including phenoxy) is 3. The van der Waals surface area contributed by atoms with Crippen LogP contribution in [0.3, 0.4) is 0 Å². The number of carboxylic acids is 1. The lowest BCUT2D eigenvalue weighted by Gasteiger charge is -2.33. The summed E-state index contributed by atoms with van der Waals surface area (Å²) >= 11 is 0. The third kappa shape index (κ3) is 5.99. The molecule has 0 saturated carbocycles. The van der Waals surface area contributed by atoms with E-state index in [0.717, 1.165) is 24.0 Å². The molecule has 1 N–H and O–H groups in total. The van der Waals surface area contributed by atoms with E-state index in [2.05, 4.69) is 12.1 Å². The molecule has 0 amide bonds. The van der Waals surface area contributed by atoms with Crippen molar-refractivity contribution in [3.05, 3.63) is 125 Å². The highest BCUT2D eigenvalue weighted by Crippen LogP contribution is 2.45. The molecule has 2 atom stereocenters. The molecule has 0 fully saturated rings. The summed E-state index contributed by atoms with van der Waals surface area (Å²) in [5.41, 5.74) is 2.99. The summed E-state index contributed by atoms with van der Waals surface area (Å²) in [6.07, 6.45) is 7.72. The standard InChI is InChI=1S/C37H35NO6/c1-42-32-23-28(24-33(43-2)34(32)44-3)35(39)37(21-10-22-38-37)31(16-9-13-25-11-5-4-6-12-25)27-19-17-26(18-20-27)29-14-7-8-15-30(29)36(40)41/h4-8,10-12,14-15,17-24,31H,9,13,16H2,1-3H3,(H,40,41). The van der Waals surface area contributed by atoms with Crippen LogP contribution in [-0.4, -0.2) is 49.9 Å². The topological polar surface area (TPSA) is 94.4 Å². The number of carboxylic acid groups (broad SMARTS) is 1. The number of aliphatic imine (C=N–C) groups is 1. The number of aryl methyl sites for hydroxylation is 1. The first-order valence-corrected chi connectivity index (χ1v) is 14.5. The molecule has 1 heterocycles. The molecule has 7 heteroatoms. The lowest BCUT2D eigenvalue weighted by molar-refractivity contribution is 0.0697. The molecular weight excluding hydrogens is 554 g/mol. The molecule has 44 heavy (non-hydrogen) atoms. The lowest BCUT2D eigenvalue weighted by Crippen LogP contribution is -2.40. The predicted octanol–water partition coefficient (Wildman–Crippen LogP) is 7.45. The minimum Gasteiger partial charge on any atom is -0.493 e. The number of ketones is 1. The first kappa shape index (κ1) is 30.3. The highest BCUT2D eigenvalue weighted by Gasteiger charge is 2.45. The lowest BCUT2D eigenvalue weighted by atomic mass is 9.72. The normalized spacial score (nSPS) is 16.0. The maximum atomic E-state index is 14.6. The minimum absolute atomic E-state index is 0.188. The van der Waals surface area contributed by atoms with Gasteiger partial charge in [0.15, 0.2) is 17.3 Å². The SMILES string of the molecule is COc1cc(C(=O)C2(C(CCCc3ccccc3)c3ccc(-c4ccccc4C(=O)O)cc3)C=CC=N2)cc(OC)c1OC. The summed E-state index contributed by atoms with van der Waals surface area (Å²) in [5, 5.41) is 9.73. The number of aromatic carboxylic acids is 1. The van der Waals surface area contributed by atoms with E-state index in [1.54, 1.807) is 36.5 Å². The first-order chi connectivity index (χ1) is 21.4. The Labute approximate surface area is 257 Å². The van der Waals surface area contributed by atoms with Crippen LogP contribution in [-0.2, 0) is 6.42 Å². The van der Waals surface area contributed by atoms with Gasteiger partial charge >= 0.3 is 5.97 Å². The average molecular weight is 590 g/mol. The van der Waals surface area contributed by atoms with Crippen molar-refractivity contribution in [1.29, 1.82) is 0 Å². The number of carbonyl (C=O) groups is 2. The van der Waals surface area contributed by atoms with Gasteiger partial charge in [0.2, 0.25) is 5.75 Å². The number of methoxy groups -OCH3 is 3. The smallest absolute Gasteiger partial charge is 0.336 e. The Hall–Kier alpha value is -5.17. The van der Waals surface area contributed by atoms with Gasteiger partial charge in [0.1, 0.15) is 5.54 Å². The van der Waals surface area contributed by atoms with Crippen LogP contribution in [0.2, 0.25) is 0 Å². The van der Waals surface area contributed by atoms with Gasteiger partial charge < -0.3 is 19.3 Å². The summed E-state index contributed by atoms with van der Waals surface area (Å²) < 4.78 is 16.6. The number of allylic oxidation sites excluding steroid dienone is 1. The second-order valence-electron chi connectivity index (χ2n) is 10.6. The predicted molar refractivity (Wildman–Crippen MR) is 172 cm³/mol. The zero-order chi connectivity index (χ0) is 31.1. The van der Waals surface area contributed by atoms with Gasteiger partial charge in [-0.25, -0.2) is 4.79 Å². The Kier molecular flexibility index (Phi) is 9.24. The molecule has 7 nitrogen and oxygen atoms in total. The quantitative estimate of drug-likeness (QED) is 0.163. The van der Waals surface area contributed by atoms with Crippen molar-refractivity contribution in [3.8, 4) is 28.4 Å². The van der Waals surface area contributed by atoms with E-state index < -0.39 is 11.5 Å². The van der Waals surface area contributed by atoms with Crippen molar-refractivity contribution in [2.24, 2.45) is 4.99 Å². The average Bonchev–Trinajstić information content (AvgIpc) is 3.57. The van der Waals surface area contributed by atoms with Crippen molar-refractivity contribution in [2.75, 3.05) is 21.3 Å². The molecule has 1 aliphatic rings. The third-order valence-corrected chi connectivity index (χ3v) is 8.13. The van der Waals surface area contributed by atoms with Crippen molar-refractivity contribution in [1.82, 2.24) is 0 Å². The largest absolute Gasteiger partial charge is 0.493 e. The highest BCUT2D eigenvalue weighted by molar-refractivity contribution is 6.09. The number of hydrogen-bond acceptors (Lipinski definition) is 6. The number of hydrogen-bond donors (Lipinski definition) is 1. The van der Waals surface area contributed by atoms with Crippen molar-refractivity contribution < 1.29 is 28.9 Å². The van der Waals surface area contributed by atoms with Gasteiger partial charge in [-0.05, 0) is 71.9 Å². The van der Waals surface area contributed by atoms with E-state index in [1.807, 2.05) is 60.7 Å². The van der Waals surface area contributed by atoms with Gasteiger partial charge in [-0.2, -0.15) is 0 Å². The van der Waals surface area contributed by atoms with E-state index in [4.69, 9.17) is 19.2 Å².